The lowest BCUT2D eigenvalue weighted by Crippen LogP contribution is -2.23. The van der Waals surface area contributed by atoms with Gasteiger partial charge in [-0.25, -0.2) is 0 Å². The van der Waals surface area contributed by atoms with Gasteiger partial charge in [0.1, 0.15) is 6.07 Å². The average Bonchev–Trinajstić information content (AvgIpc) is 2.38. The number of aliphatic hydroxyl groups is 1. The summed E-state index contributed by atoms with van der Waals surface area (Å²) in [6, 6.07) is 7.94. The summed E-state index contributed by atoms with van der Waals surface area (Å²) in [4.78, 5) is 0. The highest BCUT2D eigenvalue weighted by Gasteiger charge is 2.19. The van der Waals surface area contributed by atoms with Gasteiger partial charge in [0.05, 0.1) is 17.4 Å². The van der Waals surface area contributed by atoms with Crippen LogP contribution in [0.2, 0.25) is 0 Å². The summed E-state index contributed by atoms with van der Waals surface area (Å²) in [6.45, 7) is 0.873. The Labute approximate surface area is 116 Å². The molecule has 0 saturated heterocycles. The molecule has 0 aliphatic heterocycles. The van der Waals surface area contributed by atoms with E-state index >= 15 is 0 Å². The molecular formula is C14H17BrN2O. The molecule has 2 rings (SSSR count). The van der Waals surface area contributed by atoms with Gasteiger partial charge in [0.2, 0.25) is 0 Å². The molecule has 1 aromatic carbocycles. The SMILES string of the molecule is N#Cc1c(Br)cccc1NCC1CCC(O)CC1. The zero-order valence-electron chi connectivity index (χ0n) is 10.2. The van der Waals surface area contributed by atoms with Gasteiger partial charge in [-0.15, -0.1) is 0 Å². The van der Waals surface area contributed by atoms with Crippen molar-refractivity contribution in [1.29, 1.82) is 5.26 Å². The Bertz CT molecular complexity index is 448. The van der Waals surface area contributed by atoms with E-state index in [1.165, 1.54) is 0 Å². The third-order valence-electron chi connectivity index (χ3n) is 3.52. The lowest BCUT2D eigenvalue weighted by molar-refractivity contribution is 0.111. The minimum absolute atomic E-state index is 0.109. The fourth-order valence-electron chi connectivity index (χ4n) is 2.39. The topological polar surface area (TPSA) is 56.0 Å². The molecule has 0 heterocycles. The molecule has 0 unspecified atom stereocenters. The van der Waals surface area contributed by atoms with Gasteiger partial charge in [-0.3, -0.25) is 0 Å². The van der Waals surface area contributed by atoms with Crippen molar-refractivity contribution in [1.82, 2.24) is 0 Å². The van der Waals surface area contributed by atoms with Crippen LogP contribution in [0.15, 0.2) is 22.7 Å². The minimum Gasteiger partial charge on any atom is -0.393 e. The standard InChI is InChI=1S/C14H17BrN2O/c15-13-2-1-3-14(12(13)8-16)17-9-10-4-6-11(18)7-5-10/h1-3,10-11,17-18H,4-7,9H2. The maximum absolute atomic E-state index is 9.46. The first-order chi connectivity index (χ1) is 8.70. The summed E-state index contributed by atoms with van der Waals surface area (Å²) in [5.74, 6) is 0.596. The molecule has 4 heteroatoms. The van der Waals surface area contributed by atoms with Crippen molar-refractivity contribution in [2.75, 3.05) is 11.9 Å². The zero-order chi connectivity index (χ0) is 13.0. The average molecular weight is 309 g/mol. The number of nitrogens with one attached hydrogen (secondary N) is 1. The predicted molar refractivity (Wildman–Crippen MR) is 75.3 cm³/mol. The Morgan fingerprint density at radius 3 is 2.72 bits per heavy atom. The van der Waals surface area contributed by atoms with Crippen molar-refractivity contribution >= 4 is 21.6 Å². The molecule has 1 aromatic rings. The lowest BCUT2D eigenvalue weighted by atomic mass is 9.87. The number of hydrogen-bond donors (Lipinski definition) is 2. The highest BCUT2D eigenvalue weighted by Crippen LogP contribution is 2.27. The van der Waals surface area contributed by atoms with Crippen molar-refractivity contribution in [2.45, 2.75) is 31.8 Å². The van der Waals surface area contributed by atoms with Crippen LogP contribution in [-0.4, -0.2) is 17.8 Å². The lowest BCUT2D eigenvalue weighted by Gasteiger charge is -2.26. The van der Waals surface area contributed by atoms with Crippen LogP contribution in [0.3, 0.4) is 0 Å². The van der Waals surface area contributed by atoms with Crippen LogP contribution in [-0.2, 0) is 0 Å². The maximum Gasteiger partial charge on any atom is 0.103 e. The number of nitrogens with zero attached hydrogens (tertiary/aromatic N) is 1. The second kappa shape index (κ2) is 6.21. The van der Waals surface area contributed by atoms with E-state index in [1.807, 2.05) is 18.2 Å². The van der Waals surface area contributed by atoms with Gasteiger partial charge in [0.15, 0.2) is 0 Å². The first kappa shape index (κ1) is 13.4. The smallest absolute Gasteiger partial charge is 0.103 e. The Balaban J connectivity index is 1.95. The molecule has 18 heavy (non-hydrogen) atoms. The van der Waals surface area contributed by atoms with E-state index < -0.39 is 0 Å². The Morgan fingerprint density at radius 2 is 2.06 bits per heavy atom. The molecule has 0 aromatic heterocycles. The number of nitriles is 1. The van der Waals surface area contributed by atoms with Gasteiger partial charge in [-0.1, -0.05) is 6.07 Å². The summed E-state index contributed by atoms with van der Waals surface area (Å²) < 4.78 is 0.828. The van der Waals surface area contributed by atoms with E-state index in [9.17, 15) is 5.11 Å². The van der Waals surface area contributed by atoms with E-state index in [0.717, 1.165) is 42.4 Å². The monoisotopic (exact) mass is 308 g/mol. The van der Waals surface area contributed by atoms with Crippen LogP contribution in [0, 0.1) is 17.2 Å². The number of rotatable bonds is 3. The second-order valence-corrected chi connectivity index (χ2v) is 5.68. The normalized spacial score (nSPS) is 23.4. The minimum atomic E-state index is -0.109. The third-order valence-corrected chi connectivity index (χ3v) is 4.18. The zero-order valence-corrected chi connectivity index (χ0v) is 11.8. The summed E-state index contributed by atoms with van der Waals surface area (Å²) in [7, 11) is 0. The number of hydrogen-bond acceptors (Lipinski definition) is 3. The second-order valence-electron chi connectivity index (χ2n) is 4.83. The van der Waals surface area contributed by atoms with Gasteiger partial charge in [-0.2, -0.15) is 5.26 Å². The largest absolute Gasteiger partial charge is 0.393 e. The highest BCUT2D eigenvalue weighted by molar-refractivity contribution is 9.10. The summed E-state index contributed by atoms with van der Waals surface area (Å²) in [6.07, 6.45) is 3.81. The molecule has 0 radical (unpaired) electrons. The first-order valence-electron chi connectivity index (χ1n) is 6.31. The van der Waals surface area contributed by atoms with Gasteiger partial charge >= 0.3 is 0 Å². The molecule has 1 aliphatic carbocycles. The van der Waals surface area contributed by atoms with Gasteiger partial charge in [0, 0.05) is 11.0 Å². The van der Waals surface area contributed by atoms with Crippen molar-refractivity contribution in [3.05, 3.63) is 28.2 Å². The highest BCUT2D eigenvalue weighted by atomic mass is 79.9. The summed E-state index contributed by atoms with van der Waals surface area (Å²) >= 11 is 3.39. The van der Waals surface area contributed by atoms with E-state index in [1.54, 1.807) is 0 Å². The van der Waals surface area contributed by atoms with E-state index in [4.69, 9.17) is 5.26 Å². The van der Waals surface area contributed by atoms with Crippen molar-refractivity contribution in [3.8, 4) is 6.07 Å². The van der Waals surface area contributed by atoms with Crippen LogP contribution < -0.4 is 5.32 Å². The van der Waals surface area contributed by atoms with E-state index in [0.29, 0.717) is 11.5 Å². The van der Waals surface area contributed by atoms with Crippen LogP contribution in [0.4, 0.5) is 5.69 Å². The summed E-state index contributed by atoms with van der Waals surface area (Å²) in [5, 5.41) is 21.9. The Hall–Kier alpha value is -1.05. The third kappa shape index (κ3) is 3.24. The predicted octanol–water partition coefficient (Wildman–Crippen LogP) is 3.28. The number of benzene rings is 1. The molecule has 1 saturated carbocycles. The fraction of sp³-hybridized carbons (Fsp3) is 0.500. The molecule has 1 fully saturated rings. The van der Waals surface area contributed by atoms with E-state index in [2.05, 4.69) is 27.3 Å². The molecule has 0 spiro atoms. The van der Waals surface area contributed by atoms with E-state index in [-0.39, 0.29) is 6.10 Å². The van der Waals surface area contributed by atoms with Crippen LogP contribution >= 0.6 is 15.9 Å². The van der Waals surface area contributed by atoms with Gasteiger partial charge in [-0.05, 0) is 59.7 Å². The first-order valence-corrected chi connectivity index (χ1v) is 7.10. The number of anilines is 1. The molecule has 0 amide bonds. The molecule has 0 bridgehead atoms. The molecule has 2 N–H and O–H groups in total. The molecule has 1 aliphatic rings. The summed E-state index contributed by atoms with van der Waals surface area (Å²) in [5.41, 5.74) is 1.55. The molecular weight excluding hydrogens is 292 g/mol. The van der Waals surface area contributed by atoms with Crippen LogP contribution in [0.5, 0.6) is 0 Å². The Morgan fingerprint density at radius 1 is 1.33 bits per heavy atom. The van der Waals surface area contributed by atoms with Gasteiger partial charge < -0.3 is 10.4 Å². The van der Waals surface area contributed by atoms with Crippen molar-refractivity contribution in [3.63, 3.8) is 0 Å². The molecule has 3 nitrogen and oxygen atoms in total. The quantitative estimate of drug-likeness (QED) is 0.901. The van der Waals surface area contributed by atoms with Crippen LogP contribution in [0.1, 0.15) is 31.2 Å². The maximum atomic E-state index is 9.46. The molecule has 96 valence electrons. The van der Waals surface area contributed by atoms with Crippen molar-refractivity contribution in [2.24, 2.45) is 5.92 Å². The van der Waals surface area contributed by atoms with Crippen LogP contribution in [0.25, 0.3) is 0 Å². The number of aliphatic hydroxyl groups excluding tert-OH is 1. The number of halogens is 1. The van der Waals surface area contributed by atoms with Gasteiger partial charge in [0.25, 0.3) is 0 Å². The Kier molecular flexibility index (Phi) is 4.62. The van der Waals surface area contributed by atoms with Crippen molar-refractivity contribution < 1.29 is 5.11 Å². The fourth-order valence-corrected chi connectivity index (χ4v) is 2.84. The molecule has 0 atom stereocenters.